The van der Waals surface area contributed by atoms with Gasteiger partial charge in [-0.3, -0.25) is 4.98 Å². The van der Waals surface area contributed by atoms with E-state index >= 15 is 0 Å². The number of halogens is 3. The lowest BCUT2D eigenvalue weighted by molar-refractivity contribution is -0.137. The van der Waals surface area contributed by atoms with Crippen molar-refractivity contribution in [3.05, 3.63) is 90.4 Å². The smallest absolute Gasteiger partial charge is 0.383 e. The zero-order valence-electron chi connectivity index (χ0n) is 20.3. The molecule has 0 fully saturated rings. The van der Waals surface area contributed by atoms with Gasteiger partial charge in [0.05, 0.1) is 11.3 Å². The lowest BCUT2D eigenvalue weighted by atomic mass is 9.99. The van der Waals surface area contributed by atoms with Crippen LogP contribution < -0.4 is 10.6 Å². The molecule has 2 aromatic carbocycles. The van der Waals surface area contributed by atoms with E-state index in [1.54, 1.807) is 36.8 Å². The fourth-order valence-electron chi connectivity index (χ4n) is 3.90. The molecule has 1 atom stereocenters. The zero-order valence-corrected chi connectivity index (χ0v) is 20.3. The highest BCUT2D eigenvalue weighted by Crippen LogP contribution is 2.35. The second-order valence-corrected chi connectivity index (χ2v) is 8.98. The maximum atomic E-state index is 13.3. The van der Waals surface area contributed by atoms with Crippen LogP contribution >= 0.6 is 0 Å². The summed E-state index contributed by atoms with van der Waals surface area (Å²) in [5.74, 6) is 0.580. The molecule has 5 nitrogen and oxygen atoms in total. The van der Waals surface area contributed by atoms with Crippen molar-refractivity contribution in [1.82, 2.24) is 15.0 Å². The van der Waals surface area contributed by atoms with Crippen LogP contribution in [-0.4, -0.2) is 27.5 Å². The van der Waals surface area contributed by atoms with Crippen LogP contribution in [-0.2, 0) is 6.18 Å². The number of nitrogens with zero attached hydrogens (tertiary/aromatic N) is 3. The first-order chi connectivity index (χ1) is 17.2. The predicted octanol–water partition coefficient (Wildman–Crippen LogP) is 7.26. The number of pyridine rings is 1. The van der Waals surface area contributed by atoms with Crippen molar-refractivity contribution in [2.75, 3.05) is 17.2 Å². The van der Waals surface area contributed by atoms with Crippen LogP contribution in [0.2, 0.25) is 0 Å². The van der Waals surface area contributed by atoms with Gasteiger partial charge in [-0.05, 0) is 67.3 Å². The number of nitrogens with one attached hydrogen (secondary N) is 2. The third-order valence-electron chi connectivity index (χ3n) is 5.72. The first kappa shape index (κ1) is 25.2. The van der Waals surface area contributed by atoms with Crippen LogP contribution in [0, 0.1) is 0 Å². The van der Waals surface area contributed by atoms with Gasteiger partial charge in [0.15, 0.2) is 0 Å². The Morgan fingerprint density at radius 2 is 1.64 bits per heavy atom. The third kappa shape index (κ3) is 6.19. The molecule has 4 aromatic rings. The summed E-state index contributed by atoms with van der Waals surface area (Å²) >= 11 is 0. The van der Waals surface area contributed by atoms with Gasteiger partial charge < -0.3 is 10.6 Å². The number of hydrogen-bond acceptors (Lipinski definition) is 5. The van der Waals surface area contributed by atoms with E-state index in [9.17, 15) is 13.2 Å². The number of rotatable bonds is 8. The largest absolute Gasteiger partial charge is 0.416 e. The number of hydrogen-bond donors (Lipinski definition) is 2. The molecule has 1 unspecified atom stereocenters. The molecule has 0 aliphatic carbocycles. The van der Waals surface area contributed by atoms with Crippen molar-refractivity contribution in [1.29, 1.82) is 0 Å². The van der Waals surface area contributed by atoms with Gasteiger partial charge in [-0.2, -0.15) is 13.2 Å². The van der Waals surface area contributed by atoms with Gasteiger partial charge in [0, 0.05) is 48.0 Å². The Bertz CT molecular complexity index is 1310. The van der Waals surface area contributed by atoms with Gasteiger partial charge in [0.2, 0.25) is 5.95 Å². The Labute approximate surface area is 208 Å². The highest BCUT2D eigenvalue weighted by molar-refractivity contribution is 5.81. The number of alkyl halides is 3. The summed E-state index contributed by atoms with van der Waals surface area (Å²) in [6, 6.07) is 17.4. The second kappa shape index (κ2) is 10.8. The predicted molar refractivity (Wildman–Crippen MR) is 138 cm³/mol. The molecule has 36 heavy (non-hydrogen) atoms. The quantitative estimate of drug-likeness (QED) is 0.272. The molecule has 0 aliphatic rings. The van der Waals surface area contributed by atoms with Gasteiger partial charge in [-0.25, -0.2) is 9.97 Å². The van der Waals surface area contributed by atoms with E-state index in [0.29, 0.717) is 35.4 Å². The summed E-state index contributed by atoms with van der Waals surface area (Å²) in [6.45, 7) is 6.89. The molecule has 0 saturated heterocycles. The molecular formula is C28H28F3N5. The molecule has 8 heteroatoms. The molecule has 0 aliphatic heterocycles. The second-order valence-electron chi connectivity index (χ2n) is 8.98. The molecule has 0 radical (unpaired) electrons. The number of anilines is 2. The molecule has 4 rings (SSSR count). The van der Waals surface area contributed by atoms with Gasteiger partial charge >= 0.3 is 6.18 Å². The molecule has 2 heterocycles. The Balaban J connectivity index is 1.61. The van der Waals surface area contributed by atoms with Crippen LogP contribution in [0.5, 0.6) is 0 Å². The monoisotopic (exact) mass is 491 g/mol. The van der Waals surface area contributed by atoms with Crippen LogP contribution in [0.1, 0.15) is 37.8 Å². The maximum Gasteiger partial charge on any atom is 0.416 e. The van der Waals surface area contributed by atoms with Gasteiger partial charge in [0.1, 0.15) is 0 Å². The fourth-order valence-corrected chi connectivity index (χ4v) is 3.90. The zero-order chi connectivity index (χ0) is 25.7. The topological polar surface area (TPSA) is 62.7 Å². The highest BCUT2D eigenvalue weighted by Gasteiger charge is 2.30. The van der Waals surface area contributed by atoms with E-state index in [0.717, 1.165) is 23.4 Å². The van der Waals surface area contributed by atoms with Crippen molar-refractivity contribution in [3.63, 3.8) is 0 Å². The van der Waals surface area contributed by atoms with Crippen molar-refractivity contribution >= 4 is 11.6 Å². The van der Waals surface area contributed by atoms with E-state index in [1.165, 1.54) is 11.6 Å². The summed E-state index contributed by atoms with van der Waals surface area (Å²) in [7, 11) is 0. The van der Waals surface area contributed by atoms with Crippen LogP contribution in [0.3, 0.4) is 0 Å². The molecular weight excluding hydrogens is 463 g/mol. The van der Waals surface area contributed by atoms with Crippen molar-refractivity contribution < 1.29 is 13.2 Å². The standard InChI is InChI=1S/C28H28F3N5/c1-18(2)35-24-9-5-6-21(15-24)19(3)16-33-27-34-17-25(26(36-27)20-10-12-32-13-11-20)22-7-4-8-23(14-22)28(29,30)31/h4-15,17-19,35H,16H2,1-3H3,(H,33,34,36). The lowest BCUT2D eigenvalue weighted by Crippen LogP contribution is -2.13. The minimum Gasteiger partial charge on any atom is -0.383 e. The third-order valence-corrected chi connectivity index (χ3v) is 5.72. The summed E-state index contributed by atoms with van der Waals surface area (Å²) in [5.41, 5.74) is 3.70. The number of aromatic nitrogens is 3. The minimum atomic E-state index is -4.44. The van der Waals surface area contributed by atoms with Crippen LogP contribution in [0.15, 0.2) is 79.3 Å². The minimum absolute atomic E-state index is 0.176. The summed E-state index contributed by atoms with van der Waals surface area (Å²) in [6.07, 6.45) is 0.382. The molecule has 0 bridgehead atoms. The molecule has 2 N–H and O–H groups in total. The molecule has 2 aromatic heterocycles. The Morgan fingerprint density at radius 1 is 0.889 bits per heavy atom. The van der Waals surface area contributed by atoms with E-state index in [2.05, 4.69) is 53.5 Å². The SMILES string of the molecule is CC(C)Nc1cccc(C(C)CNc2ncc(-c3cccc(C(F)(F)F)c3)c(-c3ccncc3)n2)c1. The summed E-state index contributed by atoms with van der Waals surface area (Å²) < 4.78 is 40.0. The van der Waals surface area contributed by atoms with Crippen molar-refractivity contribution in [2.45, 2.75) is 38.9 Å². The van der Waals surface area contributed by atoms with Crippen LogP contribution in [0.4, 0.5) is 24.8 Å². The van der Waals surface area contributed by atoms with Gasteiger partial charge in [-0.15, -0.1) is 0 Å². The summed E-state index contributed by atoms with van der Waals surface area (Å²) in [5, 5.41) is 6.70. The van der Waals surface area contributed by atoms with E-state index in [4.69, 9.17) is 4.98 Å². The molecule has 0 amide bonds. The first-order valence-electron chi connectivity index (χ1n) is 11.8. The van der Waals surface area contributed by atoms with Gasteiger partial charge in [-0.1, -0.05) is 31.2 Å². The molecule has 0 saturated carbocycles. The lowest BCUT2D eigenvalue weighted by Gasteiger charge is -2.17. The van der Waals surface area contributed by atoms with Gasteiger partial charge in [0.25, 0.3) is 0 Å². The average Bonchev–Trinajstić information content (AvgIpc) is 2.87. The molecule has 186 valence electrons. The van der Waals surface area contributed by atoms with Crippen molar-refractivity contribution in [3.8, 4) is 22.4 Å². The number of benzene rings is 2. The Hall–Kier alpha value is -3.94. The maximum absolute atomic E-state index is 13.3. The Morgan fingerprint density at radius 3 is 2.36 bits per heavy atom. The van der Waals surface area contributed by atoms with E-state index in [-0.39, 0.29) is 5.92 Å². The van der Waals surface area contributed by atoms with Crippen LogP contribution in [0.25, 0.3) is 22.4 Å². The average molecular weight is 492 g/mol. The Kier molecular flexibility index (Phi) is 7.52. The van der Waals surface area contributed by atoms with Crippen molar-refractivity contribution in [2.24, 2.45) is 0 Å². The summed E-state index contributed by atoms with van der Waals surface area (Å²) in [4.78, 5) is 13.2. The first-order valence-corrected chi connectivity index (χ1v) is 11.8. The van der Waals surface area contributed by atoms with E-state index < -0.39 is 11.7 Å². The highest BCUT2D eigenvalue weighted by atomic mass is 19.4. The molecule has 0 spiro atoms. The van der Waals surface area contributed by atoms with E-state index in [1.807, 2.05) is 12.1 Å². The fraction of sp³-hybridized carbons (Fsp3) is 0.250. The normalized spacial score (nSPS) is 12.4.